The van der Waals surface area contributed by atoms with Crippen LogP contribution in [0.4, 0.5) is 18.9 Å². The first-order valence-electron chi connectivity index (χ1n) is 7.81. The van der Waals surface area contributed by atoms with Crippen LogP contribution in [0.1, 0.15) is 12.0 Å². The SMILES string of the molecule is CS(=O)(=O)N1CCCN(CC(=O)Nc2ccc(Cl)c(C(F)(F)F)c2)CC1. The van der Waals surface area contributed by atoms with E-state index in [0.29, 0.717) is 26.1 Å². The number of hydrogen-bond acceptors (Lipinski definition) is 4. The number of alkyl halides is 3. The predicted octanol–water partition coefficient (Wildman–Crippen LogP) is 2.26. The van der Waals surface area contributed by atoms with Crippen LogP contribution in [0.3, 0.4) is 0 Å². The number of amides is 1. The molecule has 6 nitrogen and oxygen atoms in total. The first-order valence-corrected chi connectivity index (χ1v) is 10.0. The van der Waals surface area contributed by atoms with E-state index in [9.17, 15) is 26.4 Å². The Morgan fingerprint density at radius 1 is 1.23 bits per heavy atom. The second-order valence-corrected chi connectivity index (χ2v) is 8.42. The lowest BCUT2D eigenvalue weighted by Crippen LogP contribution is -2.37. The molecule has 0 aliphatic carbocycles. The maximum Gasteiger partial charge on any atom is 0.417 e. The molecule has 0 saturated carbocycles. The molecule has 0 atom stereocenters. The van der Waals surface area contributed by atoms with E-state index in [-0.39, 0.29) is 18.8 Å². The Balaban J connectivity index is 1.97. The van der Waals surface area contributed by atoms with Gasteiger partial charge in [-0.3, -0.25) is 9.69 Å². The molecule has 1 fully saturated rings. The zero-order valence-corrected chi connectivity index (χ0v) is 15.6. The number of hydrogen-bond donors (Lipinski definition) is 1. The van der Waals surface area contributed by atoms with Crippen LogP contribution in [-0.4, -0.2) is 62.5 Å². The highest BCUT2D eigenvalue weighted by molar-refractivity contribution is 7.88. The van der Waals surface area contributed by atoms with E-state index in [0.717, 1.165) is 18.4 Å². The number of halogens is 4. The Bertz CT molecular complexity index is 771. The number of nitrogens with one attached hydrogen (secondary N) is 1. The molecule has 11 heteroatoms. The average molecular weight is 414 g/mol. The van der Waals surface area contributed by atoms with Crippen molar-refractivity contribution >= 4 is 33.2 Å². The molecule has 1 aromatic carbocycles. The minimum atomic E-state index is -4.61. The van der Waals surface area contributed by atoms with Crippen molar-refractivity contribution in [3.8, 4) is 0 Å². The number of sulfonamides is 1. The van der Waals surface area contributed by atoms with E-state index < -0.39 is 32.7 Å². The Morgan fingerprint density at radius 2 is 1.92 bits per heavy atom. The average Bonchev–Trinajstić information content (AvgIpc) is 2.73. The molecule has 0 aromatic heterocycles. The van der Waals surface area contributed by atoms with Gasteiger partial charge in [0.25, 0.3) is 0 Å². The number of benzene rings is 1. The van der Waals surface area contributed by atoms with Gasteiger partial charge in [-0.15, -0.1) is 0 Å². The Hall–Kier alpha value is -1.36. The fraction of sp³-hybridized carbons (Fsp3) is 0.533. The third-order valence-corrected chi connectivity index (χ3v) is 5.57. The highest BCUT2D eigenvalue weighted by Gasteiger charge is 2.33. The normalized spacial score (nSPS) is 17.7. The van der Waals surface area contributed by atoms with Crippen molar-refractivity contribution in [1.29, 1.82) is 0 Å². The fourth-order valence-corrected chi connectivity index (χ4v) is 3.76. The molecule has 1 saturated heterocycles. The van der Waals surface area contributed by atoms with Gasteiger partial charge in [-0.05, 0) is 31.2 Å². The van der Waals surface area contributed by atoms with Crippen LogP contribution in [0.15, 0.2) is 18.2 Å². The quantitative estimate of drug-likeness (QED) is 0.822. The third-order valence-electron chi connectivity index (χ3n) is 3.94. The summed E-state index contributed by atoms with van der Waals surface area (Å²) in [6.07, 6.45) is -2.91. The number of anilines is 1. The monoisotopic (exact) mass is 413 g/mol. The maximum absolute atomic E-state index is 12.9. The van der Waals surface area contributed by atoms with Gasteiger partial charge in [0.15, 0.2) is 0 Å². The number of carbonyl (C=O) groups excluding carboxylic acids is 1. The van der Waals surface area contributed by atoms with Gasteiger partial charge in [-0.25, -0.2) is 12.7 Å². The highest BCUT2D eigenvalue weighted by Crippen LogP contribution is 2.36. The van der Waals surface area contributed by atoms with E-state index in [1.165, 1.54) is 10.4 Å². The van der Waals surface area contributed by atoms with Crippen LogP contribution in [0, 0.1) is 0 Å². The van der Waals surface area contributed by atoms with Crippen molar-refractivity contribution in [2.75, 3.05) is 44.3 Å². The molecule has 0 spiro atoms. The lowest BCUT2D eigenvalue weighted by atomic mass is 10.2. The third kappa shape index (κ3) is 5.83. The molecule has 0 bridgehead atoms. The van der Waals surface area contributed by atoms with Crippen LogP contribution in [0.25, 0.3) is 0 Å². The van der Waals surface area contributed by atoms with Crippen LogP contribution in [0.5, 0.6) is 0 Å². The lowest BCUT2D eigenvalue weighted by Gasteiger charge is -2.20. The van der Waals surface area contributed by atoms with E-state index in [1.807, 2.05) is 0 Å². The van der Waals surface area contributed by atoms with E-state index in [1.54, 1.807) is 4.90 Å². The Labute approximate surface area is 155 Å². The molecule has 1 N–H and O–H groups in total. The van der Waals surface area contributed by atoms with Gasteiger partial charge in [0.2, 0.25) is 15.9 Å². The van der Waals surface area contributed by atoms with Crippen LogP contribution in [0.2, 0.25) is 5.02 Å². The number of carbonyl (C=O) groups is 1. The van der Waals surface area contributed by atoms with Gasteiger partial charge in [-0.1, -0.05) is 11.6 Å². The van der Waals surface area contributed by atoms with E-state index >= 15 is 0 Å². The van der Waals surface area contributed by atoms with Crippen molar-refractivity contribution in [2.45, 2.75) is 12.6 Å². The molecule has 146 valence electrons. The summed E-state index contributed by atoms with van der Waals surface area (Å²) in [6.45, 7) is 1.50. The standard InChI is InChI=1S/C15H19ClF3N3O3S/c1-26(24,25)22-6-2-5-21(7-8-22)10-14(23)20-11-3-4-13(16)12(9-11)15(17,18)19/h3-4,9H,2,5-8,10H2,1H3,(H,20,23). The Morgan fingerprint density at radius 3 is 2.54 bits per heavy atom. The van der Waals surface area contributed by atoms with Crippen LogP contribution in [-0.2, 0) is 21.0 Å². The van der Waals surface area contributed by atoms with Crippen molar-refractivity contribution in [3.63, 3.8) is 0 Å². The van der Waals surface area contributed by atoms with Gasteiger partial charge in [0.05, 0.1) is 23.4 Å². The lowest BCUT2D eigenvalue weighted by molar-refractivity contribution is -0.137. The largest absolute Gasteiger partial charge is 0.417 e. The summed E-state index contributed by atoms with van der Waals surface area (Å²) in [5.74, 6) is -0.478. The summed E-state index contributed by atoms with van der Waals surface area (Å²) < 4.78 is 63.1. The molecule has 1 aromatic rings. The van der Waals surface area contributed by atoms with Crippen molar-refractivity contribution < 1.29 is 26.4 Å². The number of rotatable bonds is 4. The van der Waals surface area contributed by atoms with Crippen LogP contribution >= 0.6 is 11.6 Å². The highest BCUT2D eigenvalue weighted by atomic mass is 35.5. The zero-order chi connectivity index (χ0) is 19.5. The summed E-state index contributed by atoms with van der Waals surface area (Å²) in [6, 6.07) is 3.16. The summed E-state index contributed by atoms with van der Waals surface area (Å²) in [5.41, 5.74) is -1.02. The summed E-state index contributed by atoms with van der Waals surface area (Å²) in [7, 11) is -3.29. The second kappa shape index (κ2) is 8.12. The van der Waals surface area contributed by atoms with Gasteiger partial charge in [0.1, 0.15) is 0 Å². The zero-order valence-electron chi connectivity index (χ0n) is 14.0. The van der Waals surface area contributed by atoms with Gasteiger partial charge in [-0.2, -0.15) is 13.2 Å². The molecule has 2 rings (SSSR count). The van der Waals surface area contributed by atoms with Gasteiger partial charge >= 0.3 is 6.18 Å². The molecular formula is C15H19ClF3N3O3S. The Kier molecular flexibility index (Phi) is 6.54. The topological polar surface area (TPSA) is 69.7 Å². The van der Waals surface area contributed by atoms with Gasteiger partial charge in [0, 0.05) is 25.3 Å². The molecule has 0 unspecified atom stereocenters. The van der Waals surface area contributed by atoms with Crippen molar-refractivity contribution in [2.24, 2.45) is 0 Å². The van der Waals surface area contributed by atoms with E-state index in [2.05, 4.69) is 5.32 Å². The summed E-state index contributed by atoms with van der Waals surface area (Å²) in [4.78, 5) is 13.9. The van der Waals surface area contributed by atoms with E-state index in [4.69, 9.17) is 11.6 Å². The summed E-state index contributed by atoms with van der Waals surface area (Å²) in [5, 5.41) is 1.98. The molecule has 26 heavy (non-hydrogen) atoms. The number of nitrogens with zero attached hydrogens (tertiary/aromatic N) is 2. The fourth-order valence-electron chi connectivity index (χ4n) is 2.66. The first-order chi connectivity index (χ1) is 12.0. The molecule has 1 heterocycles. The molecule has 1 aliphatic heterocycles. The smallest absolute Gasteiger partial charge is 0.325 e. The maximum atomic E-state index is 12.9. The molecule has 1 aliphatic rings. The predicted molar refractivity (Wildman–Crippen MR) is 92.6 cm³/mol. The second-order valence-electron chi connectivity index (χ2n) is 6.03. The minimum Gasteiger partial charge on any atom is -0.325 e. The first kappa shape index (κ1) is 20.9. The van der Waals surface area contributed by atoms with Crippen LogP contribution < -0.4 is 5.32 Å². The molecule has 0 radical (unpaired) electrons. The molecular weight excluding hydrogens is 395 g/mol. The minimum absolute atomic E-state index is 0.000639. The van der Waals surface area contributed by atoms with Crippen molar-refractivity contribution in [3.05, 3.63) is 28.8 Å². The molecule has 1 amide bonds. The van der Waals surface area contributed by atoms with Gasteiger partial charge < -0.3 is 5.32 Å². The summed E-state index contributed by atoms with van der Waals surface area (Å²) >= 11 is 5.55. The van der Waals surface area contributed by atoms with Crippen molar-refractivity contribution in [1.82, 2.24) is 9.21 Å².